The first-order valence-electron chi connectivity index (χ1n) is 9.56. The van der Waals surface area contributed by atoms with Gasteiger partial charge in [-0.3, -0.25) is 29.8 Å². The summed E-state index contributed by atoms with van der Waals surface area (Å²) in [7, 11) is 0. The van der Waals surface area contributed by atoms with Crippen LogP contribution in [0.25, 0.3) is 0 Å². The summed E-state index contributed by atoms with van der Waals surface area (Å²) in [4.78, 5) is 45.1. The molecular formula is C20H22N4O8. The zero-order chi connectivity index (χ0) is 23.7. The molecule has 0 bridgehead atoms. The van der Waals surface area contributed by atoms with Crippen LogP contribution in [0.4, 0.5) is 11.4 Å². The second-order valence-corrected chi connectivity index (χ2v) is 6.55. The van der Waals surface area contributed by atoms with Crippen molar-refractivity contribution in [1.82, 2.24) is 10.6 Å². The normalized spacial score (nSPS) is 12.2. The standard InChI is InChI=1S/C20H22N4O8/c1-13(31-17-9-5-3-7-15(17)23(27)28)19(25)21-11-12-22-20(26)14(2)32-18-10-6-4-8-16(18)24(29)30/h3-10,13-14H,11-12H2,1-2H3,(H,21,25)(H,22,26). The van der Waals surface area contributed by atoms with Crippen molar-refractivity contribution in [2.45, 2.75) is 26.1 Å². The molecule has 0 heterocycles. The second-order valence-electron chi connectivity index (χ2n) is 6.55. The van der Waals surface area contributed by atoms with Gasteiger partial charge in [0, 0.05) is 25.2 Å². The number of benzene rings is 2. The predicted octanol–water partition coefficient (Wildman–Crippen LogP) is 1.97. The van der Waals surface area contributed by atoms with Gasteiger partial charge in [0.1, 0.15) is 0 Å². The number of nitro benzene ring substituents is 2. The van der Waals surface area contributed by atoms with Crippen molar-refractivity contribution in [3.05, 3.63) is 68.8 Å². The largest absolute Gasteiger partial charge is 0.474 e. The van der Waals surface area contributed by atoms with Crippen molar-refractivity contribution in [2.75, 3.05) is 13.1 Å². The number of hydrogen-bond acceptors (Lipinski definition) is 8. The van der Waals surface area contributed by atoms with E-state index >= 15 is 0 Å². The monoisotopic (exact) mass is 446 g/mol. The fourth-order valence-electron chi connectivity index (χ4n) is 2.56. The van der Waals surface area contributed by atoms with Crippen LogP contribution in [0.3, 0.4) is 0 Å². The zero-order valence-electron chi connectivity index (χ0n) is 17.3. The van der Waals surface area contributed by atoms with E-state index in [1.54, 1.807) is 12.1 Å². The molecule has 0 aliphatic carbocycles. The average Bonchev–Trinajstić information content (AvgIpc) is 2.76. The van der Waals surface area contributed by atoms with E-state index in [0.29, 0.717) is 0 Å². The van der Waals surface area contributed by atoms with Gasteiger partial charge >= 0.3 is 11.4 Å². The van der Waals surface area contributed by atoms with Crippen LogP contribution in [-0.4, -0.2) is 47.0 Å². The average molecular weight is 446 g/mol. The summed E-state index contributed by atoms with van der Waals surface area (Å²) in [5.41, 5.74) is -0.515. The molecule has 0 radical (unpaired) electrons. The number of carbonyl (C=O) groups excluding carboxylic acids is 2. The van der Waals surface area contributed by atoms with Gasteiger partial charge < -0.3 is 20.1 Å². The lowest BCUT2D eigenvalue weighted by molar-refractivity contribution is -0.386. The first-order valence-corrected chi connectivity index (χ1v) is 9.56. The van der Waals surface area contributed by atoms with Crippen LogP contribution in [0.5, 0.6) is 11.5 Å². The number of rotatable bonds is 11. The molecule has 170 valence electrons. The SMILES string of the molecule is CC(Oc1ccccc1[N+](=O)[O-])C(=O)NCCNC(=O)C(C)Oc1ccccc1[N+](=O)[O-]. The number of nitrogens with zero attached hydrogens (tertiary/aromatic N) is 2. The van der Waals surface area contributed by atoms with Crippen LogP contribution in [0.2, 0.25) is 0 Å². The third kappa shape index (κ3) is 6.65. The van der Waals surface area contributed by atoms with Gasteiger partial charge in [-0.15, -0.1) is 0 Å². The summed E-state index contributed by atoms with van der Waals surface area (Å²) in [5, 5.41) is 27.1. The summed E-state index contributed by atoms with van der Waals surface area (Å²) in [5.74, 6) is -1.12. The van der Waals surface area contributed by atoms with Crippen molar-refractivity contribution < 1.29 is 28.9 Å². The molecule has 2 unspecified atom stereocenters. The quantitative estimate of drug-likeness (QED) is 0.301. The van der Waals surface area contributed by atoms with Crippen molar-refractivity contribution in [3.8, 4) is 11.5 Å². The van der Waals surface area contributed by atoms with Gasteiger partial charge in [0.05, 0.1) is 9.85 Å². The Labute approximate surface area is 182 Å². The number of amides is 2. The van der Waals surface area contributed by atoms with E-state index in [1.165, 1.54) is 50.2 Å². The van der Waals surface area contributed by atoms with E-state index in [1.807, 2.05) is 0 Å². The highest BCUT2D eigenvalue weighted by Crippen LogP contribution is 2.27. The molecule has 12 nitrogen and oxygen atoms in total. The highest BCUT2D eigenvalue weighted by atomic mass is 16.6. The van der Waals surface area contributed by atoms with E-state index in [9.17, 15) is 29.8 Å². The maximum Gasteiger partial charge on any atom is 0.310 e. The molecule has 0 aromatic heterocycles. The third-order valence-electron chi connectivity index (χ3n) is 4.19. The Bertz CT molecular complexity index is 918. The van der Waals surface area contributed by atoms with E-state index in [2.05, 4.69) is 10.6 Å². The summed E-state index contributed by atoms with van der Waals surface area (Å²) in [6.45, 7) is 3.00. The minimum Gasteiger partial charge on any atom is -0.474 e. The minimum absolute atomic E-state index is 0.0329. The van der Waals surface area contributed by atoms with Gasteiger partial charge in [-0.1, -0.05) is 24.3 Å². The second kappa shape index (κ2) is 11.2. The zero-order valence-corrected chi connectivity index (χ0v) is 17.3. The Kier molecular flexibility index (Phi) is 8.45. The highest BCUT2D eigenvalue weighted by Gasteiger charge is 2.22. The number of nitrogens with one attached hydrogen (secondary N) is 2. The van der Waals surface area contributed by atoms with Crippen molar-refractivity contribution in [1.29, 1.82) is 0 Å². The van der Waals surface area contributed by atoms with Gasteiger partial charge in [0.25, 0.3) is 11.8 Å². The molecule has 0 saturated carbocycles. The maximum absolute atomic E-state index is 12.1. The van der Waals surface area contributed by atoms with E-state index in [0.717, 1.165) is 0 Å². The molecule has 0 aliphatic rings. The molecule has 2 amide bonds. The summed E-state index contributed by atoms with van der Waals surface area (Å²) >= 11 is 0. The van der Waals surface area contributed by atoms with Gasteiger partial charge in [-0.05, 0) is 26.0 Å². The maximum atomic E-state index is 12.1. The molecule has 2 rings (SSSR count). The van der Waals surface area contributed by atoms with Gasteiger partial charge in [0.15, 0.2) is 23.7 Å². The highest BCUT2D eigenvalue weighted by molar-refractivity contribution is 5.82. The number of carbonyl (C=O) groups is 2. The number of nitro groups is 2. The number of ether oxygens (including phenoxy) is 2. The van der Waals surface area contributed by atoms with Crippen LogP contribution in [0.15, 0.2) is 48.5 Å². The molecule has 0 saturated heterocycles. The lowest BCUT2D eigenvalue weighted by Crippen LogP contribution is -2.43. The van der Waals surface area contributed by atoms with Crippen molar-refractivity contribution >= 4 is 23.2 Å². The van der Waals surface area contributed by atoms with E-state index < -0.39 is 33.9 Å². The smallest absolute Gasteiger partial charge is 0.310 e. The molecule has 12 heteroatoms. The lowest BCUT2D eigenvalue weighted by Gasteiger charge is -2.16. The van der Waals surface area contributed by atoms with Crippen LogP contribution >= 0.6 is 0 Å². The van der Waals surface area contributed by atoms with E-state index in [-0.39, 0.29) is 36.0 Å². The van der Waals surface area contributed by atoms with Gasteiger partial charge in [-0.25, -0.2) is 0 Å². The Balaban J connectivity index is 1.78. The minimum atomic E-state index is -1.01. The van der Waals surface area contributed by atoms with Crippen LogP contribution < -0.4 is 20.1 Å². The molecule has 0 fully saturated rings. The van der Waals surface area contributed by atoms with Crippen LogP contribution in [0.1, 0.15) is 13.8 Å². The predicted molar refractivity (Wildman–Crippen MR) is 112 cm³/mol. The topological polar surface area (TPSA) is 163 Å². The summed E-state index contributed by atoms with van der Waals surface area (Å²) in [6, 6.07) is 11.4. The number of hydrogen-bond donors (Lipinski definition) is 2. The fourth-order valence-corrected chi connectivity index (χ4v) is 2.56. The van der Waals surface area contributed by atoms with E-state index in [4.69, 9.17) is 9.47 Å². The molecule has 0 aliphatic heterocycles. The summed E-state index contributed by atoms with van der Waals surface area (Å²) < 4.78 is 10.7. The first-order chi connectivity index (χ1) is 15.2. The Hall–Kier alpha value is -4.22. The molecular weight excluding hydrogens is 424 g/mol. The van der Waals surface area contributed by atoms with Crippen molar-refractivity contribution in [3.63, 3.8) is 0 Å². The first kappa shape index (κ1) is 24.1. The number of para-hydroxylation sites is 4. The Morgan fingerprint density at radius 1 is 0.781 bits per heavy atom. The van der Waals surface area contributed by atoms with Gasteiger partial charge in [-0.2, -0.15) is 0 Å². The molecule has 0 spiro atoms. The molecule has 2 N–H and O–H groups in total. The van der Waals surface area contributed by atoms with Crippen LogP contribution in [0, 0.1) is 20.2 Å². The third-order valence-corrected chi connectivity index (χ3v) is 4.19. The summed E-state index contributed by atoms with van der Waals surface area (Å²) in [6.07, 6.45) is -2.01. The molecule has 32 heavy (non-hydrogen) atoms. The Morgan fingerprint density at radius 3 is 1.47 bits per heavy atom. The lowest BCUT2D eigenvalue weighted by atomic mass is 10.3. The molecule has 2 aromatic rings. The van der Waals surface area contributed by atoms with Gasteiger partial charge in [0.2, 0.25) is 0 Å². The Morgan fingerprint density at radius 2 is 1.12 bits per heavy atom. The van der Waals surface area contributed by atoms with Crippen LogP contribution in [-0.2, 0) is 9.59 Å². The molecule has 2 aromatic carbocycles. The van der Waals surface area contributed by atoms with Crippen molar-refractivity contribution in [2.24, 2.45) is 0 Å². The fraction of sp³-hybridized carbons (Fsp3) is 0.300. The molecule has 2 atom stereocenters.